The van der Waals surface area contributed by atoms with Crippen molar-refractivity contribution in [3.63, 3.8) is 0 Å². The van der Waals surface area contributed by atoms with E-state index in [2.05, 4.69) is 31.3 Å². The standard InChI is InChI=1S/C29H32N2O3/c1-19(2)22-14-16-23(17-15-22)31-26-10-7-11-27(32)24(26)18-25(29(31)34)28(33)30-20(3)12-13-21-8-5-4-6-9-21/h4-6,8-9,14-20H,7,10-13H2,1-3H3,(H,30,33). The maximum absolute atomic E-state index is 13.6. The minimum absolute atomic E-state index is 0.0139. The number of carbonyl (C=O) groups excluding carboxylic acids is 2. The minimum Gasteiger partial charge on any atom is -0.349 e. The molecular weight excluding hydrogens is 424 g/mol. The molecule has 2 aromatic carbocycles. The summed E-state index contributed by atoms with van der Waals surface area (Å²) in [6.07, 6.45) is 3.36. The number of aromatic nitrogens is 1. The maximum atomic E-state index is 13.6. The van der Waals surface area contributed by atoms with Crippen molar-refractivity contribution >= 4 is 11.7 Å². The zero-order valence-electron chi connectivity index (χ0n) is 20.1. The largest absolute Gasteiger partial charge is 0.349 e. The SMILES string of the molecule is CC(CCc1ccccc1)NC(=O)c1cc2c(n(-c3ccc(C(C)C)cc3)c1=O)CCCC2=O. The normalized spacial score (nSPS) is 14.1. The number of rotatable bonds is 7. The molecule has 1 amide bonds. The Bertz CT molecular complexity index is 1240. The highest BCUT2D eigenvalue weighted by Gasteiger charge is 2.26. The molecule has 0 saturated heterocycles. The lowest BCUT2D eigenvalue weighted by atomic mass is 9.92. The van der Waals surface area contributed by atoms with Crippen LogP contribution in [0.4, 0.5) is 0 Å². The lowest BCUT2D eigenvalue weighted by molar-refractivity contribution is 0.0936. The van der Waals surface area contributed by atoms with Crippen LogP contribution >= 0.6 is 0 Å². The van der Waals surface area contributed by atoms with Gasteiger partial charge in [-0.05, 0) is 67.9 Å². The summed E-state index contributed by atoms with van der Waals surface area (Å²) in [7, 11) is 0. The van der Waals surface area contributed by atoms with Gasteiger partial charge in [0.25, 0.3) is 11.5 Å². The quantitative estimate of drug-likeness (QED) is 0.529. The number of ketones is 1. The second-order valence-corrected chi connectivity index (χ2v) is 9.48. The predicted octanol–water partition coefficient (Wildman–Crippen LogP) is 5.23. The molecule has 34 heavy (non-hydrogen) atoms. The predicted molar refractivity (Wildman–Crippen MR) is 135 cm³/mol. The van der Waals surface area contributed by atoms with Gasteiger partial charge >= 0.3 is 0 Å². The van der Waals surface area contributed by atoms with E-state index in [0.29, 0.717) is 42.1 Å². The Morgan fingerprint density at radius 2 is 1.68 bits per heavy atom. The molecule has 1 aromatic heterocycles. The van der Waals surface area contributed by atoms with E-state index in [-0.39, 0.29) is 22.9 Å². The summed E-state index contributed by atoms with van der Waals surface area (Å²) < 4.78 is 1.57. The first-order chi connectivity index (χ1) is 16.3. The van der Waals surface area contributed by atoms with Gasteiger partial charge in [-0.1, -0.05) is 56.3 Å². The Balaban J connectivity index is 1.65. The molecule has 1 aliphatic rings. The average Bonchev–Trinajstić information content (AvgIpc) is 2.83. The zero-order chi connectivity index (χ0) is 24.2. The average molecular weight is 457 g/mol. The van der Waals surface area contributed by atoms with E-state index in [4.69, 9.17) is 0 Å². The fraction of sp³-hybridized carbons (Fsp3) is 0.345. The summed E-state index contributed by atoms with van der Waals surface area (Å²) in [4.78, 5) is 39.5. The van der Waals surface area contributed by atoms with Crippen LogP contribution in [-0.2, 0) is 12.8 Å². The number of nitrogens with zero attached hydrogens (tertiary/aromatic N) is 1. The van der Waals surface area contributed by atoms with Gasteiger partial charge < -0.3 is 5.32 Å². The van der Waals surface area contributed by atoms with Crippen molar-refractivity contribution in [3.05, 3.63) is 99.0 Å². The van der Waals surface area contributed by atoms with E-state index in [1.807, 2.05) is 49.4 Å². The van der Waals surface area contributed by atoms with E-state index < -0.39 is 5.91 Å². The van der Waals surface area contributed by atoms with Crippen LogP contribution in [0.1, 0.15) is 83.5 Å². The number of hydrogen-bond donors (Lipinski definition) is 1. The highest BCUT2D eigenvalue weighted by atomic mass is 16.2. The zero-order valence-corrected chi connectivity index (χ0v) is 20.1. The Labute approximate surface area is 200 Å². The lowest BCUT2D eigenvalue weighted by Crippen LogP contribution is -2.39. The molecule has 5 heteroatoms. The third-order valence-corrected chi connectivity index (χ3v) is 6.57. The van der Waals surface area contributed by atoms with Gasteiger partial charge in [-0.15, -0.1) is 0 Å². The Morgan fingerprint density at radius 1 is 0.971 bits per heavy atom. The Kier molecular flexibility index (Phi) is 7.11. The van der Waals surface area contributed by atoms with Gasteiger partial charge in [0.1, 0.15) is 5.56 Å². The van der Waals surface area contributed by atoms with E-state index >= 15 is 0 Å². The highest BCUT2D eigenvalue weighted by molar-refractivity contribution is 6.02. The van der Waals surface area contributed by atoms with Crippen molar-refractivity contribution in [2.24, 2.45) is 0 Å². The van der Waals surface area contributed by atoms with Crippen LogP contribution in [0.15, 0.2) is 65.5 Å². The molecule has 1 atom stereocenters. The van der Waals surface area contributed by atoms with Crippen LogP contribution in [-0.4, -0.2) is 22.3 Å². The van der Waals surface area contributed by atoms with Crippen LogP contribution in [0.3, 0.4) is 0 Å². The van der Waals surface area contributed by atoms with Crippen molar-refractivity contribution < 1.29 is 9.59 Å². The summed E-state index contributed by atoms with van der Waals surface area (Å²) in [5.74, 6) is -0.0741. The molecule has 3 aromatic rings. The number of hydrogen-bond acceptors (Lipinski definition) is 3. The van der Waals surface area contributed by atoms with E-state index in [9.17, 15) is 14.4 Å². The molecule has 0 aliphatic heterocycles. The molecule has 0 radical (unpaired) electrons. The van der Waals surface area contributed by atoms with Crippen molar-refractivity contribution in [3.8, 4) is 5.69 Å². The molecule has 5 nitrogen and oxygen atoms in total. The molecule has 1 aliphatic carbocycles. The van der Waals surface area contributed by atoms with Crippen LogP contribution in [0, 0.1) is 0 Å². The minimum atomic E-state index is -0.431. The summed E-state index contributed by atoms with van der Waals surface area (Å²) >= 11 is 0. The van der Waals surface area contributed by atoms with Crippen molar-refractivity contribution in [2.75, 3.05) is 0 Å². The number of aryl methyl sites for hydroxylation is 1. The van der Waals surface area contributed by atoms with Gasteiger partial charge in [0, 0.05) is 29.4 Å². The summed E-state index contributed by atoms with van der Waals surface area (Å²) in [5, 5.41) is 2.97. The number of Topliss-reactive ketones (excluding diaryl/α,β-unsaturated/α-hetero) is 1. The van der Waals surface area contributed by atoms with Gasteiger partial charge in [-0.2, -0.15) is 0 Å². The van der Waals surface area contributed by atoms with Gasteiger partial charge in [-0.3, -0.25) is 19.0 Å². The van der Waals surface area contributed by atoms with Gasteiger partial charge in [-0.25, -0.2) is 0 Å². The second kappa shape index (κ2) is 10.2. The van der Waals surface area contributed by atoms with Crippen molar-refractivity contribution in [2.45, 2.75) is 64.8 Å². The molecule has 1 N–H and O–H groups in total. The van der Waals surface area contributed by atoms with Gasteiger partial charge in [0.05, 0.1) is 0 Å². The first kappa shape index (κ1) is 23.7. The van der Waals surface area contributed by atoms with Gasteiger partial charge in [0.15, 0.2) is 5.78 Å². The van der Waals surface area contributed by atoms with E-state index in [1.165, 1.54) is 17.2 Å². The summed E-state index contributed by atoms with van der Waals surface area (Å²) in [5.41, 5.74) is 3.89. The molecule has 1 unspecified atom stereocenters. The maximum Gasteiger partial charge on any atom is 0.268 e. The number of carbonyl (C=O) groups is 2. The number of nitrogens with one attached hydrogen (secondary N) is 1. The highest BCUT2D eigenvalue weighted by Crippen LogP contribution is 2.25. The number of pyridine rings is 1. The lowest BCUT2D eigenvalue weighted by Gasteiger charge is -2.22. The Morgan fingerprint density at radius 3 is 2.35 bits per heavy atom. The molecule has 0 fully saturated rings. The molecule has 4 rings (SSSR count). The molecule has 0 bridgehead atoms. The van der Waals surface area contributed by atoms with Crippen molar-refractivity contribution in [1.82, 2.24) is 9.88 Å². The van der Waals surface area contributed by atoms with Crippen LogP contribution in [0.5, 0.6) is 0 Å². The first-order valence-corrected chi connectivity index (χ1v) is 12.1. The topological polar surface area (TPSA) is 68.2 Å². The monoisotopic (exact) mass is 456 g/mol. The molecule has 1 heterocycles. The van der Waals surface area contributed by atoms with Gasteiger partial charge in [0.2, 0.25) is 0 Å². The third-order valence-electron chi connectivity index (χ3n) is 6.57. The Hall–Kier alpha value is -3.47. The summed E-state index contributed by atoms with van der Waals surface area (Å²) in [6, 6.07) is 19.3. The molecule has 0 spiro atoms. The summed E-state index contributed by atoms with van der Waals surface area (Å²) in [6.45, 7) is 6.17. The van der Waals surface area contributed by atoms with Crippen molar-refractivity contribution in [1.29, 1.82) is 0 Å². The fourth-order valence-corrected chi connectivity index (χ4v) is 4.54. The van der Waals surface area contributed by atoms with Crippen LogP contribution < -0.4 is 10.9 Å². The fourth-order valence-electron chi connectivity index (χ4n) is 4.54. The molecular formula is C29H32N2O3. The number of amides is 1. The molecule has 176 valence electrons. The second-order valence-electron chi connectivity index (χ2n) is 9.48. The number of fused-ring (bicyclic) bond motifs is 1. The van der Waals surface area contributed by atoms with Crippen LogP contribution in [0.25, 0.3) is 5.69 Å². The first-order valence-electron chi connectivity index (χ1n) is 12.1. The van der Waals surface area contributed by atoms with Crippen LogP contribution in [0.2, 0.25) is 0 Å². The van der Waals surface area contributed by atoms with E-state index in [0.717, 1.165) is 12.8 Å². The smallest absolute Gasteiger partial charge is 0.268 e. The number of benzene rings is 2. The van der Waals surface area contributed by atoms with E-state index in [1.54, 1.807) is 4.57 Å². The third kappa shape index (κ3) is 5.04. The molecule has 0 saturated carbocycles.